The second kappa shape index (κ2) is 4.35. The van der Waals surface area contributed by atoms with Gasteiger partial charge in [-0.2, -0.15) is 0 Å². The lowest BCUT2D eigenvalue weighted by atomic mass is 9.97. The average molecular weight is 310 g/mol. The van der Waals surface area contributed by atoms with Gasteiger partial charge in [0.05, 0.1) is 10.0 Å². The van der Waals surface area contributed by atoms with E-state index in [2.05, 4.69) is 21.2 Å². The molecule has 1 heterocycles. The van der Waals surface area contributed by atoms with Crippen molar-refractivity contribution in [1.29, 1.82) is 0 Å². The van der Waals surface area contributed by atoms with Gasteiger partial charge in [-0.3, -0.25) is 0 Å². The summed E-state index contributed by atoms with van der Waals surface area (Å²) in [6, 6.07) is 8.17. The zero-order valence-corrected chi connectivity index (χ0v) is 11.0. The van der Waals surface area contributed by atoms with Gasteiger partial charge in [0.2, 0.25) is 0 Å². The Labute approximate surface area is 112 Å². The Hall–Kier alpha value is -1.42. The van der Waals surface area contributed by atoms with Crippen molar-refractivity contribution in [3.63, 3.8) is 0 Å². The molecule has 2 aromatic carbocycles. The lowest BCUT2D eigenvalue weighted by Gasteiger charge is -2.11. The number of rotatable bonds is 1. The lowest BCUT2D eigenvalue weighted by Crippen LogP contribution is -1.95. The standard InChI is InChI=1S/C14H10BrF2N/c15-10-4-5-11(16)13(14(10)17)9-2-1-3-12-8(9)6-7-18-12/h1-5,18H,6-7H2. The van der Waals surface area contributed by atoms with Crippen LogP contribution in [0.2, 0.25) is 0 Å². The number of hydrogen-bond donors (Lipinski definition) is 1. The minimum absolute atomic E-state index is 0.0462. The summed E-state index contributed by atoms with van der Waals surface area (Å²) in [4.78, 5) is 0. The van der Waals surface area contributed by atoms with E-state index >= 15 is 0 Å². The molecule has 0 amide bonds. The van der Waals surface area contributed by atoms with E-state index < -0.39 is 11.6 Å². The van der Waals surface area contributed by atoms with E-state index in [0.29, 0.717) is 5.56 Å². The highest BCUT2D eigenvalue weighted by molar-refractivity contribution is 9.10. The van der Waals surface area contributed by atoms with E-state index in [0.717, 1.165) is 24.2 Å². The third-order valence-electron chi connectivity index (χ3n) is 3.18. The zero-order chi connectivity index (χ0) is 12.7. The van der Waals surface area contributed by atoms with Crippen LogP contribution in [-0.4, -0.2) is 6.54 Å². The quantitative estimate of drug-likeness (QED) is 0.772. The second-order valence-electron chi connectivity index (χ2n) is 4.23. The number of anilines is 1. The van der Waals surface area contributed by atoms with E-state index in [1.807, 2.05) is 12.1 Å². The predicted molar refractivity (Wildman–Crippen MR) is 71.7 cm³/mol. The van der Waals surface area contributed by atoms with E-state index in [1.54, 1.807) is 6.07 Å². The van der Waals surface area contributed by atoms with Gasteiger partial charge in [-0.25, -0.2) is 8.78 Å². The summed E-state index contributed by atoms with van der Waals surface area (Å²) in [7, 11) is 0. The first kappa shape index (κ1) is 11.7. The summed E-state index contributed by atoms with van der Waals surface area (Å²) in [6.45, 7) is 0.809. The highest BCUT2D eigenvalue weighted by atomic mass is 79.9. The minimum atomic E-state index is -0.546. The van der Waals surface area contributed by atoms with Gasteiger partial charge in [0.25, 0.3) is 0 Å². The van der Waals surface area contributed by atoms with Crippen molar-refractivity contribution < 1.29 is 8.78 Å². The fraction of sp³-hybridized carbons (Fsp3) is 0.143. The van der Waals surface area contributed by atoms with Gasteiger partial charge in [-0.15, -0.1) is 0 Å². The molecule has 1 aliphatic heterocycles. The molecule has 0 radical (unpaired) electrons. The molecule has 0 saturated carbocycles. The Kier molecular flexibility index (Phi) is 2.82. The first-order valence-electron chi connectivity index (χ1n) is 5.68. The van der Waals surface area contributed by atoms with Gasteiger partial charge in [0, 0.05) is 12.2 Å². The van der Waals surface area contributed by atoms with Crippen molar-refractivity contribution in [2.45, 2.75) is 6.42 Å². The summed E-state index contributed by atoms with van der Waals surface area (Å²) in [5, 5.41) is 3.21. The van der Waals surface area contributed by atoms with Crippen molar-refractivity contribution in [3.05, 3.63) is 52.0 Å². The highest BCUT2D eigenvalue weighted by Gasteiger charge is 2.21. The van der Waals surface area contributed by atoms with Gasteiger partial charge < -0.3 is 5.32 Å². The van der Waals surface area contributed by atoms with Gasteiger partial charge in [0.15, 0.2) is 0 Å². The van der Waals surface area contributed by atoms with E-state index in [-0.39, 0.29) is 10.0 Å². The normalized spacial score (nSPS) is 13.3. The summed E-state index contributed by atoms with van der Waals surface area (Å²) in [6.07, 6.45) is 0.789. The van der Waals surface area contributed by atoms with Gasteiger partial charge in [0.1, 0.15) is 11.6 Å². The summed E-state index contributed by atoms with van der Waals surface area (Å²) < 4.78 is 28.3. The van der Waals surface area contributed by atoms with Gasteiger partial charge >= 0.3 is 0 Å². The molecule has 0 aliphatic carbocycles. The number of benzene rings is 2. The largest absolute Gasteiger partial charge is 0.384 e. The first-order chi connectivity index (χ1) is 8.68. The third kappa shape index (κ3) is 1.72. The molecule has 18 heavy (non-hydrogen) atoms. The van der Waals surface area contributed by atoms with Crippen LogP contribution < -0.4 is 5.32 Å². The predicted octanol–water partition coefficient (Wildman–Crippen LogP) is 4.36. The smallest absolute Gasteiger partial charge is 0.148 e. The van der Waals surface area contributed by atoms with Crippen molar-refractivity contribution in [2.24, 2.45) is 0 Å². The maximum Gasteiger partial charge on any atom is 0.148 e. The van der Waals surface area contributed by atoms with E-state index in [1.165, 1.54) is 12.1 Å². The SMILES string of the molecule is Fc1ccc(Br)c(F)c1-c1cccc2c1CCN2. The number of hydrogen-bond acceptors (Lipinski definition) is 1. The molecule has 0 bridgehead atoms. The van der Waals surface area contributed by atoms with Crippen LogP contribution >= 0.6 is 15.9 Å². The van der Waals surface area contributed by atoms with Crippen molar-refractivity contribution in [3.8, 4) is 11.1 Å². The van der Waals surface area contributed by atoms with E-state index in [9.17, 15) is 8.78 Å². The molecule has 1 aliphatic rings. The fourth-order valence-corrected chi connectivity index (χ4v) is 2.68. The summed E-state index contributed by atoms with van der Waals surface area (Å²) in [5.74, 6) is -1.08. The molecule has 0 spiro atoms. The monoisotopic (exact) mass is 309 g/mol. The second-order valence-corrected chi connectivity index (χ2v) is 5.08. The first-order valence-corrected chi connectivity index (χ1v) is 6.47. The molecular weight excluding hydrogens is 300 g/mol. The molecule has 4 heteroatoms. The summed E-state index contributed by atoms with van der Waals surface area (Å²) >= 11 is 3.10. The van der Waals surface area contributed by atoms with Crippen LogP contribution in [0.25, 0.3) is 11.1 Å². The molecule has 92 valence electrons. The van der Waals surface area contributed by atoms with Crippen LogP contribution in [0.1, 0.15) is 5.56 Å². The summed E-state index contributed by atoms with van der Waals surface area (Å²) in [5.41, 5.74) is 2.62. The average Bonchev–Trinajstić information content (AvgIpc) is 2.83. The van der Waals surface area contributed by atoms with E-state index in [4.69, 9.17) is 0 Å². The van der Waals surface area contributed by atoms with Crippen LogP contribution in [0.3, 0.4) is 0 Å². The number of halogens is 3. The zero-order valence-electron chi connectivity index (χ0n) is 9.43. The molecule has 0 unspecified atom stereocenters. The molecule has 0 aromatic heterocycles. The highest BCUT2D eigenvalue weighted by Crippen LogP contribution is 2.37. The lowest BCUT2D eigenvalue weighted by molar-refractivity contribution is 0.585. The van der Waals surface area contributed by atoms with Crippen molar-refractivity contribution in [1.82, 2.24) is 0 Å². The molecule has 2 aromatic rings. The molecule has 0 fully saturated rings. The van der Waals surface area contributed by atoms with Gasteiger partial charge in [-0.1, -0.05) is 12.1 Å². The molecule has 1 N–H and O–H groups in total. The van der Waals surface area contributed by atoms with Gasteiger partial charge in [-0.05, 0) is 51.7 Å². The number of fused-ring (bicyclic) bond motifs is 1. The Balaban J connectivity index is 2.28. The maximum atomic E-state index is 14.1. The van der Waals surface area contributed by atoms with Crippen molar-refractivity contribution >= 4 is 21.6 Å². The maximum absolute atomic E-state index is 14.1. The molecule has 0 atom stereocenters. The molecule has 0 saturated heterocycles. The molecular formula is C14H10BrF2N. The van der Waals surface area contributed by atoms with Crippen LogP contribution in [0.4, 0.5) is 14.5 Å². The third-order valence-corrected chi connectivity index (χ3v) is 3.79. The Bertz CT molecular complexity index is 625. The Morgan fingerprint density at radius 1 is 1.11 bits per heavy atom. The Morgan fingerprint density at radius 3 is 2.78 bits per heavy atom. The number of nitrogens with one attached hydrogen (secondary N) is 1. The molecule has 3 rings (SSSR count). The molecule has 1 nitrogen and oxygen atoms in total. The van der Waals surface area contributed by atoms with Crippen LogP contribution in [0, 0.1) is 11.6 Å². The fourth-order valence-electron chi connectivity index (χ4n) is 2.35. The van der Waals surface area contributed by atoms with Crippen LogP contribution in [0.15, 0.2) is 34.8 Å². The minimum Gasteiger partial charge on any atom is -0.384 e. The van der Waals surface area contributed by atoms with Crippen LogP contribution in [0.5, 0.6) is 0 Å². The Morgan fingerprint density at radius 2 is 1.94 bits per heavy atom. The van der Waals surface area contributed by atoms with Crippen LogP contribution in [-0.2, 0) is 6.42 Å². The van der Waals surface area contributed by atoms with Crippen molar-refractivity contribution in [2.75, 3.05) is 11.9 Å². The topological polar surface area (TPSA) is 12.0 Å².